The van der Waals surface area contributed by atoms with Gasteiger partial charge in [-0.05, 0) is 30.0 Å². The molecule has 0 aliphatic rings. The van der Waals surface area contributed by atoms with E-state index >= 15 is 0 Å². The average Bonchev–Trinajstić information content (AvgIpc) is 2.79. The van der Waals surface area contributed by atoms with Gasteiger partial charge in [0.1, 0.15) is 0 Å². The smallest absolute Gasteiger partial charge is 0.258 e. The van der Waals surface area contributed by atoms with Crippen LogP contribution in [0.15, 0.2) is 27.2 Å². The van der Waals surface area contributed by atoms with Crippen LogP contribution in [0.2, 0.25) is 0 Å². The summed E-state index contributed by atoms with van der Waals surface area (Å²) in [6.07, 6.45) is 0. The zero-order valence-corrected chi connectivity index (χ0v) is 13.2. The molecule has 19 heavy (non-hydrogen) atoms. The highest BCUT2D eigenvalue weighted by Gasteiger charge is 2.27. The van der Waals surface area contributed by atoms with Crippen LogP contribution in [-0.4, -0.2) is 10.1 Å². The van der Waals surface area contributed by atoms with E-state index in [1.165, 1.54) is 0 Å². The minimum atomic E-state index is -0.252. The molecule has 2 aromatic rings. The zero-order valence-electron chi connectivity index (χ0n) is 11.6. The summed E-state index contributed by atoms with van der Waals surface area (Å²) in [4.78, 5) is 4.43. The Morgan fingerprint density at radius 2 is 2.00 bits per heavy atom. The first kappa shape index (κ1) is 14.2. The van der Waals surface area contributed by atoms with Crippen LogP contribution in [0.25, 0.3) is 11.5 Å². The van der Waals surface area contributed by atoms with E-state index in [1.807, 2.05) is 25.1 Å². The van der Waals surface area contributed by atoms with Gasteiger partial charge in [-0.2, -0.15) is 4.98 Å². The van der Waals surface area contributed by atoms with E-state index in [9.17, 15) is 0 Å². The topological polar surface area (TPSA) is 64.9 Å². The molecule has 1 aromatic carbocycles. The molecule has 1 heterocycles. The Morgan fingerprint density at radius 3 is 2.63 bits per heavy atom. The highest BCUT2D eigenvalue weighted by atomic mass is 79.9. The molecule has 0 aliphatic heterocycles. The lowest BCUT2D eigenvalue weighted by atomic mass is 9.87. The van der Waals surface area contributed by atoms with Crippen LogP contribution >= 0.6 is 15.9 Å². The summed E-state index contributed by atoms with van der Waals surface area (Å²) >= 11 is 3.50. The Kier molecular flexibility index (Phi) is 3.78. The van der Waals surface area contributed by atoms with Crippen LogP contribution in [-0.2, 0) is 0 Å². The van der Waals surface area contributed by atoms with Crippen molar-refractivity contribution in [2.45, 2.75) is 33.7 Å². The number of hydrogen-bond donors (Lipinski definition) is 1. The average molecular weight is 324 g/mol. The summed E-state index contributed by atoms with van der Waals surface area (Å²) in [5, 5.41) is 4.00. The first-order valence-corrected chi connectivity index (χ1v) is 6.94. The molecule has 2 rings (SSSR count). The SMILES string of the molecule is Cc1c(Br)cccc1-c1nc(C(N)C(C)(C)C)no1. The second-order valence-corrected chi connectivity index (χ2v) is 6.57. The monoisotopic (exact) mass is 323 g/mol. The van der Waals surface area contributed by atoms with Crippen molar-refractivity contribution >= 4 is 15.9 Å². The van der Waals surface area contributed by atoms with Crippen molar-refractivity contribution in [2.24, 2.45) is 11.1 Å². The minimum absolute atomic E-state index is 0.104. The van der Waals surface area contributed by atoms with Gasteiger partial charge in [-0.15, -0.1) is 0 Å². The van der Waals surface area contributed by atoms with Crippen molar-refractivity contribution in [1.82, 2.24) is 10.1 Å². The molecule has 0 spiro atoms. The van der Waals surface area contributed by atoms with E-state index in [2.05, 4.69) is 46.8 Å². The molecule has 102 valence electrons. The summed E-state index contributed by atoms with van der Waals surface area (Å²) < 4.78 is 6.36. The molecule has 0 saturated carbocycles. The van der Waals surface area contributed by atoms with Gasteiger partial charge in [0.25, 0.3) is 5.89 Å². The number of rotatable bonds is 2. The van der Waals surface area contributed by atoms with E-state index in [-0.39, 0.29) is 11.5 Å². The Balaban J connectivity index is 2.39. The van der Waals surface area contributed by atoms with Crippen LogP contribution in [0.1, 0.15) is 38.2 Å². The third-order valence-electron chi connectivity index (χ3n) is 3.15. The fraction of sp³-hybridized carbons (Fsp3) is 0.429. The Hall–Kier alpha value is -1.20. The molecule has 0 bridgehead atoms. The van der Waals surface area contributed by atoms with E-state index in [1.54, 1.807) is 0 Å². The summed E-state index contributed by atoms with van der Waals surface area (Å²) in [5.41, 5.74) is 8.03. The van der Waals surface area contributed by atoms with E-state index in [0.717, 1.165) is 15.6 Å². The Bertz CT molecular complexity index is 587. The van der Waals surface area contributed by atoms with Gasteiger partial charge < -0.3 is 10.3 Å². The lowest BCUT2D eigenvalue weighted by molar-refractivity contribution is 0.303. The van der Waals surface area contributed by atoms with Crippen molar-refractivity contribution in [3.8, 4) is 11.5 Å². The number of benzene rings is 1. The maximum atomic E-state index is 6.14. The molecule has 1 unspecified atom stereocenters. The van der Waals surface area contributed by atoms with Gasteiger partial charge in [-0.1, -0.05) is 47.9 Å². The van der Waals surface area contributed by atoms with E-state index < -0.39 is 0 Å². The lowest BCUT2D eigenvalue weighted by Crippen LogP contribution is -2.27. The maximum absolute atomic E-state index is 6.14. The van der Waals surface area contributed by atoms with Gasteiger partial charge >= 0.3 is 0 Å². The molecule has 4 nitrogen and oxygen atoms in total. The third-order valence-corrected chi connectivity index (χ3v) is 4.01. The standard InChI is InChI=1S/C14H18BrN3O/c1-8-9(6-5-7-10(8)15)13-17-12(18-19-13)11(16)14(2,3)4/h5-7,11H,16H2,1-4H3. The molecule has 0 amide bonds. The third kappa shape index (κ3) is 2.87. The molecular weight excluding hydrogens is 306 g/mol. The summed E-state index contributed by atoms with van der Waals surface area (Å²) in [6, 6.07) is 5.63. The Morgan fingerprint density at radius 1 is 1.32 bits per heavy atom. The predicted octanol–water partition coefficient (Wildman–Crippen LogP) is 3.85. The molecule has 5 heteroatoms. The molecule has 0 aliphatic carbocycles. The quantitative estimate of drug-likeness (QED) is 0.911. The molecule has 1 aromatic heterocycles. The summed E-state index contributed by atoms with van der Waals surface area (Å²) in [6.45, 7) is 8.17. The predicted molar refractivity (Wildman–Crippen MR) is 78.6 cm³/mol. The maximum Gasteiger partial charge on any atom is 0.258 e. The second-order valence-electron chi connectivity index (χ2n) is 5.71. The number of nitrogens with zero attached hydrogens (tertiary/aromatic N) is 2. The Labute approximate surface area is 121 Å². The second kappa shape index (κ2) is 5.06. The summed E-state index contributed by atoms with van der Waals surface area (Å²) in [7, 11) is 0. The van der Waals surface area contributed by atoms with Crippen LogP contribution in [0, 0.1) is 12.3 Å². The van der Waals surface area contributed by atoms with Crippen molar-refractivity contribution < 1.29 is 4.52 Å². The summed E-state index contributed by atoms with van der Waals surface area (Å²) in [5.74, 6) is 1.05. The van der Waals surface area contributed by atoms with Gasteiger partial charge in [0.15, 0.2) is 5.82 Å². The van der Waals surface area contributed by atoms with Crippen LogP contribution < -0.4 is 5.73 Å². The van der Waals surface area contributed by atoms with Gasteiger partial charge in [0.05, 0.1) is 6.04 Å². The normalized spacial score (nSPS) is 13.6. The van der Waals surface area contributed by atoms with Gasteiger partial charge in [0.2, 0.25) is 0 Å². The molecule has 0 radical (unpaired) electrons. The number of nitrogens with two attached hydrogens (primary N) is 1. The number of aromatic nitrogens is 2. The van der Waals surface area contributed by atoms with Crippen molar-refractivity contribution in [3.63, 3.8) is 0 Å². The van der Waals surface area contributed by atoms with Crippen molar-refractivity contribution in [1.29, 1.82) is 0 Å². The lowest BCUT2D eigenvalue weighted by Gasteiger charge is -2.23. The minimum Gasteiger partial charge on any atom is -0.334 e. The van der Waals surface area contributed by atoms with Crippen molar-refractivity contribution in [2.75, 3.05) is 0 Å². The first-order chi connectivity index (χ1) is 8.80. The van der Waals surface area contributed by atoms with Gasteiger partial charge in [-0.25, -0.2) is 0 Å². The molecule has 0 saturated heterocycles. The first-order valence-electron chi connectivity index (χ1n) is 6.15. The highest BCUT2D eigenvalue weighted by molar-refractivity contribution is 9.10. The molecule has 0 fully saturated rings. The van der Waals surface area contributed by atoms with E-state index in [4.69, 9.17) is 10.3 Å². The fourth-order valence-corrected chi connectivity index (χ4v) is 2.06. The largest absolute Gasteiger partial charge is 0.334 e. The number of halogens is 1. The zero-order chi connectivity index (χ0) is 14.2. The van der Waals surface area contributed by atoms with Crippen molar-refractivity contribution in [3.05, 3.63) is 34.1 Å². The molecule has 2 N–H and O–H groups in total. The molecule has 1 atom stereocenters. The number of hydrogen-bond acceptors (Lipinski definition) is 4. The van der Waals surface area contributed by atoms with Crippen LogP contribution in [0.5, 0.6) is 0 Å². The fourth-order valence-electron chi connectivity index (χ4n) is 1.70. The molecular formula is C14H18BrN3O. The van der Waals surface area contributed by atoms with Gasteiger partial charge in [-0.3, -0.25) is 0 Å². The van der Waals surface area contributed by atoms with E-state index in [0.29, 0.717) is 11.7 Å². The van der Waals surface area contributed by atoms with Crippen LogP contribution in [0.3, 0.4) is 0 Å². The highest BCUT2D eigenvalue weighted by Crippen LogP contribution is 2.31. The van der Waals surface area contributed by atoms with Gasteiger partial charge in [0, 0.05) is 10.0 Å². The van der Waals surface area contributed by atoms with Crippen LogP contribution in [0.4, 0.5) is 0 Å².